The predicted molar refractivity (Wildman–Crippen MR) is 65.3 cm³/mol. The van der Waals surface area contributed by atoms with E-state index in [2.05, 4.69) is 5.10 Å². The number of aromatic nitrogens is 2. The quantitative estimate of drug-likeness (QED) is 0.846. The van der Waals surface area contributed by atoms with Gasteiger partial charge in [0.2, 0.25) is 0 Å². The molecule has 0 bridgehead atoms. The van der Waals surface area contributed by atoms with Crippen LogP contribution < -0.4 is 0 Å². The summed E-state index contributed by atoms with van der Waals surface area (Å²) >= 11 is 0. The second-order valence-corrected chi connectivity index (χ2v) is 4.49. The third kappa shape index (κ3) is 2.70. The van der Waals surface area contributed by atoms with Crippen LogP contribution in [0, 0.1) is 6.92 Å². The maximum atomic E-state index is 11.2. The van der Waals surface area contributed by atoms with E-state index in [1.165, 1.54) is 0 Å². The Hall–Kier alpha value is -1.40. The highest BCUT2D eigenvalue weighted by atomic mass is 16.5. The van der Waals surface area contributed by atoms with Crippen LogP contribution in [-0.4, -0.2) is 51.6 Å². The lowest BCUT2D eigenvalue weighted by Gasteiger charge is -2.32. The summed E-state index contributed by atoms with van der Waals surface area (Å²) in [7, 11) is 0. The Morgan fingerprint density at radius 2 is 2.44 bits per heavy atom. The van der Waals surface area contributed by atoms with Crippen molar-refractivity contribution in [3.63, 3.8) is 0 Å². The third-order valence-corrected chi connectivity index (χ3v) is 3.17. The second kappa shape index (κ2) is 5.49. The SMILES string of the molecule is CCn1nc(C)cc1CN1CCOCC1C(=O)O. The number of nitrogens with zero attached hydrogens (tertiary/aromatic N) is 3. The maximum absolute atomic E-state index is 11.2. The number of rotatable bonds is 4. The number of carboxylic acids is 1. The van der Waals surface area contributed by atoms with Crippen LogP contribution in [-0.2, 0) is 22.6 Å². The van der Waals surface area contributed by atoms with Gasteiger partial charge in [0.15, 0.2) is 0 Å². The Morgan fingerprint density at radius 3 is 3.11 bits per heavy atom. The molecule has 1 aliphatic heterocycles. The molecule has 1 saturated heterocycles. The fraction of sp³-hybridized carbons (Fsp3) is 0.667. The molecule has 0 spiro atoms. The minimum absolute atomic E-state index is 0.259. The fourth-order valence-electron chi connectivity index (χ4n) is 2.26. The molecule has 1 atom stereocenters. The molecule has 1 unspecified atom stereocenters. The zero-order valence-corrected chi connectivity index (χ0v) is 10.8. The van der Waals surface area contributed by atoms with E-state index in [-0.39, 0.29) is 6.61 Å². The van der Waals surface area contributed by atoms with E-state index in [1.54, 1.807) is 0 Å². The van der Waals surface area contributed by atoms with Crippen LogP contribution in [0.5, 0.6) is 0 Å². The number of aryl methyl sites for hydroxylation is 2. The summed E-state index contributed by atoms with van der Waals surface area (Å²) < 4.78 is 7.15. The van der Waals surface area contributed by atoms with E-state index in [0.717, 1.165) is 17.9 Å². The van der Waals surface area contributed by atoms with Gasteiger partial charge < -0.3 is 9.84 Å². The van der Waals surface area contributed by atoms with Crippen molar-refractivity contribution in [2.45, 2.75) is 33.0 Å². The van der Waals surface area contributed by atoms with E-state index in [4.69, 9.17) is 4.74 Å². The Kier molecular flexibility index (Phi) is 3.98. The molecular formula is C12H19N3O3. The number of carboxylic acid groups (broad SMARTS) is 1. The van der Waals surface area contributed by atoms with Crippen LogP contribution in [0.25, 0.3) is 0 Å². The summed E-state index contributed by atoms with van der Waals surface area (Å²) in [6.45, 7) is 6.87. The third-order valence-electron chi connectivity index (χ3n) is 3.17. The highest BCUT2D eigenvalue weighted by Gasteiger charge is 2.29. The summed E-state index contributed by atoms with van der Waals surface area (Å²) in [5, 5.41) is 13.6. The van der Waals surface area contributed by atoms with Gasteiger partial charge in [-0.05, 0) is 19.9 Å². The molecule has 0 aliphatic carbocycles. The Balaban J connectivity index is 2.13. The van der Waals surface area contributed by atoms with Gasteiger partial charge in [-0.1, -0.05) is 0 Å². The molecule has 2 heterocycles. The predicted octanol–water partition coefficient (Wildman–Crippen LogP) is 0.497. The van der Waals surface area contributed by atoms with Crippen LogP contribution in [0.3, 0.4) is 0 Å². The van der Waals surface area contributed by atoms with Crippen LogP contribution in [0.2, 0.25) is 0 Å². The summed E-state index contributed by atoms with van der Waals surface area (Å²) in [5.74, 6) is -0.825. The molecule has 1 fully saturated rings. The first-order chi connectivity index (χ1) is 8.61. The van der Waals surface area contributed by atoms with Gasteiger partial charge in [-0.2, -0.15) is 5.10 Å². The topological polar surface area (TPSA) is 67.6 Å². The zero-order chi connectivity index (χ0) is 13.1. The molecule has 2 rings (SSSR count). The number of carbonyl (C=O) groups is 1. The van der Waals surface area contributed by atoms with Crippen molar-refractivity contribution in [3.8, 4) is 0 Å². The van der Waals surface area contributed by atoms with Crippen LogP contribution in [0.4, 0.5) is 0 Å². The Morgan fingerprint density at radius 1 is 1.67 bits per heavy atom. The highest BCUT2D eigenvalue weighted by Crippen LogP contribution is 2.13. The standard InChI is InChI=1S/C12H19N3O3/c1-3-15-10(6-9(2)13-15)7-14-4-5-18-8-11(14)12(16)17/h6,11H,3-5,7-8H2,1-2H3,(H,16,17). The van der Waals surface area contributed by atoms with Gasteiger partial charge in [-0.3, -0.25) is 14.4 Å². The smallest absolute Gasteiger partial charge is 0.323 e. The molecular weight excluding hydrogens is 234 g/mol. The molecule has 0 aromatic carbocycles. The molecule has 0 amide bonds. The van der Waals surface area contributed by atoms with Crippen LogP contribution >= 0.6 is 0 Å². The summed E-state index contributed by atoms with van der Waals surface area (Å²) in [6, 6.07) is 1.46. The van der Waals surface area contributed by atoms with Gasteiger partial charge in [0.05, 0.1) is 24.6 Å². The molecule has 1 N–H and O–H groups in total. The zero-order valence-electron chi connectivity index (χ0n) is 10.8. The second-order valence-electron chi connectivity index (χ2n) is 4.49. The van der Waals surface area contributed by atoms with Crippen molar-refractivity contribution >= 4 is 5.97 Å². The van der Waals surface area contributed by atoms with E-state index >= 15 is 0 Å². The molecule has 18 heavy (non-hydrogen) atoms. The molecule has 1 aromatic heterocycles. The normalized spacial score (nSPS) is 21.1. The monoisotopic (exact) mass is 253 g/mol. The van der Waals surface area contributed by atoms with Crippen LogP contribution in [0.1, 0.15) is 18.3 Å². The van der Waals surface area contributed by atoms with E-state index in [9.17, 15) is 9.90 Å². The number of hydrogen-bond donors (Lipinski definition) is 1. The van der Waals surface area contributed by atoms with Gasteiger partial charge in [-0.15, -0.1) is 0 Å². The lowest BCUT2D eigenvalue weighted by atomic mass is 10.2. The van der Waals surface area contributed by atoms with Gasteiger partial charge in [0.1, 0.15) is 6.04 Å². The molecule has 0 radical (unpaired) electrons. The number of morpholine rings is 1. The van der Waals surface area contributed by atoms with Crippen molar-refractivity contribution in [3.05, 3.63) is 17.5 Å². The lowest BCUT2D eigenvalue weighted by molar-refractivity contribution is -0.150. The van der Waals surface area contributed by atoms with Gasteiger partial charge >= 0.3 is 5.97 Å². The van der Waals surface area contributed by atoms with Crippen LogP contribution in [0.15, 0.2) is 6.07 Å². The minimum Gasteiger partial charge on any atom is -0.480 e. The first kappa shape index (κ1) is 13.0. The van der Waals surface area contributed by atoms with Gasteiger partial charge in [0.25, 0.3) is 0 Å². The summed E-state index contributed by atoms with van der Waals surface area (Å²) in [4.78, 5) is 13.1. The number of hydrogen-bond acceptors (Lipinski definition) is 4. The molecule has 100 valence electrons. The van der Waals surface area contributed by atoms with E-state index < -0.39 is 12.0 Å². The fourth-order valence-corrected chi connectivity index (χ4v) is 2.26. The van der Waals surface area contributed by atoms with E-state index in [1.807, 2.05) is 29.5 Å². The minimum atomic E-state index is -0.825. The van der Waals surface area contributed by atoms with Crippen molar-refractivity contribution < 1.29 is 14.6 Å². The average Bonchev–Trinajstić information content (AvgIpc) is 2.70. The van der Waals surface area contributed by atoms with Crippen molar-refractivity contribution in [1.82, 2.24) is 14.7 Å². The van der Waals surface area contributed by atoms with Crippen molar-refractivity contribution in [2.24, 2.45) is 0 Å². The molecule has 0 saturated carbocycles. The van der Waals surface area contributed by atoms with Gasteiger partial charge in [-0.25, -0.2) is 0 Å². The molecule has 6 heteroatoms. The Bertz CT molecular complexity index is 430. The number of aliphatic carboxylic acids is 1. The maximum Gasteiger partial charge on any atom is 0.323 e. The molecule has 6 nitrogen and oxygen atoms in total. The van der Waals surface area contributed by atoms with Crippen molar-refractivity contribution in [2.75, 3.05) is 19.8 Å². The summed E-state index contributed by atoms with van der Waals surface area (Å²) in [5.41, 5.74) is 2.02. The first-order valence-corrected chi connectivity index (χ1v) is 6.19. The van der Waals surface area contributed by atoms with E-state index in [0.29, 0.717) is 19.7 Å². The number of ether oxygens (including phenoxy) is 1. The molecule has 1 aromatic rings. The largest absolute Gasteiger partial charge is 0.480 e. The van der Waals surface area contributed by atoms with Crippen molar-refractivity contribution in [1.29, 1.82) is 0 Å². The summed E-state index contributed by atoms with van der Waals surface area (Å²) in [6.07, 6.45) is 0. The molecule has 1 aliphatic rings. The van der Waals surface area contributed by atoms with Gasteiger partial charge in [0, 0.05) is 19.6 Å². The Labute approximate surface area is 106 Å². The first-order valence-electron chi connectivity index (χ1n) is 6.19. The average molecular weight is 253 g/mol. The lowest BCUT2D eigenvalue weighted by Crippen LogP contribution is -2.49. The highest BCUT2D eigenvalue weighted by molar-refractivity contribution is 5.73.